The maximum Gasteiger partial charge on any atom is 0.341 e. The summed E-state index contributed by atoms with van der Waals surface area (Å²) in [6.45, 7) is 1.49. The fourth-order valence-electron chi connectivity index (χ4n) is 3.59. The Morgan fingerprint density at radius 3 is 2.27 bits per heavy atom. The third kappa shape index (κ3) is 2.98. The molecule has 0 saturated carbocycles. The molecule has 3 aromatic rings. The molecule has 0 spiro atoms. The summed E-state index contributed by atoms with van der Waals surface area (Å²) in [5, 5.41) is 9.26. The Bertz CT molecular complexity index is 1270. The van der Waals surface area contributed by atoms with E-state index in [2.05, 4.69) is 4.98 Å². The van der Waals surface area contributed by atoms with E-state index in [-0.39, 0.29) is 28.7 Å². The molecule has 1 aliphatic heterocycles. The van der Waals surface area contributed by atoms with Crippen LogP contribution in [0.3, 0.4) is 0 Å². The van der Waals surface area contributed by atoms with E-state index in [1.807, 2.05) is 0 Å². The van der Waals surface area contributed by atoms with Gasteiger partial charge in [-0.25, -0.2) is 4.79 Å². The number of nitrogens with one attached hydrogen (secondary N) is 1. The number of imide groups is 1. The summed E-state index contributed by atoms with van der Waals surface area (Å²) < 4.78 is 0. The molecule has 0 fully saturated rings. The normalized spacial score (nSPS) is 14.1. The number of hydrogen-bond acceptors (Lipinski definition) is 5. The van der Waals surface area contributed by atoms with Crippen molar-refractivity contribution in [1.82, 2.24) is 9.88 Å². The smallest absolute Gasteiger partial charge is 0.341 e. The minimum atomic E-state index is -1.35. The number of fused-ring (bicyclic) bond motifs is 2. The highest BCUT2D eigenvalue weighted by molar-refractivity contribution is 6.22. The maximum absolute atomic E-state index is 12.8. The molecule has 1 aliphatic rings. The summed E-state index contributed by atoms with van der Waals surface area (Å²) in [5.41, 5.74) is 0.393. The van der Waals surface area contributed by atoms with E-state index in [0.29, 0.717) is 11.1 Å². The number of aromatic nitrogens is 1. The molecule has 0 unspecified atom stereocenters. The van der Waals surface area contributed by atoms with Gasteiger partial charge >= 0.3 is 5.97 Å². The van der Waals surface area contributed by atoms with Gasteiger partial charge in [-0.15, -0.1) is 0 Å². The zero-order chi connectivity index (χ0) is 21.6. The van der Waals surface area contributed by atoms with E-state index in [4.69, 9.17) is 5.11 Å². The molecule has 8 heteroatoms. The van der Waals surface area contributed by atoms with Gasteiger partial charge in [0.05, 0.1) is 17.2 Å². The van der Waals surface area contributed by atoms with Crippen LogP contribution in [0.4, 0.5) is 0 Å². The minimum Gasteiger partial charge on any atom is -0.477 e. The molecule has 1 aromatic heterocycles. The number of amides is 2. The number of carbonyl (C=O) groups excluding carboxylic acids is 3. The van der Waals surface area contributed by atoms with Crippen LogP contribution in [0.5, 0.6) is 0 Å². The molecule has 1 atom stereocenters. The largest absolute Gasteiger partial charge is 0.477 e. The molecule has 0 bridgehead atoms. The number of hydrogen-bond donors (Lipinski definition) is 2. The number of H-pyrrole nitrogens is 1. The van der Waals surface area contributed by atoms with Gasteiger partial charge in [0.25, 0.3) is 11.8 Å². The average molecular weight is 404 g/mol. The van der Waals surface area contributed by atoms with Gasteiger partial charge in [0.15, 0.2) is 5.78 Å². The fourth-order valence-corrected chi connectivity index (χ4v) is 3.59. The first-order chi connectivity index (χ1) is 14.3. The van der Waals surface area contributed by atoms with Crippen LogP contribution in [0.25, 0.3) is 10.9 Å². The summed E-state index contributed by atoms with van der Waals surface area (Å²) in [4.78, 5) is 65.2. The van der Waals surface area contributed by atoms with Crippen molar-refractivity contribution in [3.63, 3.8) is 0 Å². The number of aromatic amines is 1. The number of benzene rings is 2. The summed E-state index contributed by atoms with van der Waals surface area (Å²) in [5.74, 6) is -2.76. The number of ketones is 1. The fraction of sp³-hybridized carbons (Fsp3) is 0.136. The first-order valence-electron chi connectivity index (χ1n) is 9.17. The SMILES string of the molecule is C[C@@H](C(=O)Cc1ccc2[nH]cc(C(=O)O)c(=O)c2c1)N1C(=O)c2ccccc2C1=O. The molecule has 2 heterocycles. The Labute approximate surface area is 169 Å². The Morgan fingerprint density at radius 2 is 1.67 bits per heavy atom. The zero-order valence-corrected chi connectivity index (χ0v) is 15.8. The first kappa shape index (κ1) is 19.3. The van der Waals surface area contributed by atoms with Crippen molar-refractivity contribution in [1.29, 1.82) is 0 Å². The number of Topliss-reactive ketones (excluding diaryl/α,β-unsaturated/α-hetero) is 1. The lowest BCUT2D eigenvalue weighted by Gasteiger charge is -2.21. The molecule has 30 heavy (non-hydrogen) atoms. The van der Waals surface area contributed by atoms with Gasteiger partial charge in [-0.3, -0.25) is 24.1 Å². The molecule has 2 N–H and O–H groups in total. The summed E-state index contributed by atoms with van der Waals surface area (Å²) in [6, 6.07) is 10.1. The van der Waals surface area contributed by atoms with Crippen LogP contribution in [0.2, 0.25) is 0 Å². The zero-order valence-electron chi connectivity index (χ0n) is 15.8. The molecule has 2 aromatic carbocycles. The van der Waals surface area contributed by atoms with Crippen LogP contribution >= 0.6 is 0 Å². The van der Waals surface area contributed by atoms with Crippen LogP contribution in [-0.4, -0.2) is 44.6 Å². The van der Waals surface area contributed by atoms with Crippen molar-refractivity contribution < 1.29 is 24.3 Å². The molecular weight excluding hydrogens is 388 g/mol. The van der Waals surface area contributed by atoms with Gasteiger partial charge in [-0.1, -0.05) is 18.2 Å². The number of carboxylic acids is 1. The van der Waals surface area contributed by atoms with Crippen molar-refractivity contribution in [3.05, 3.63) is 81.1 Å². The lowest BCUT2D eigenvalue weighted by atomic mass is 10.0. The highest BCUT2D eigenvalue weighted by atomic mass is 16.4. The monoisotopic (exact) mass is 404 g/mol. The number of nitrogens with zero attached hydrogens (tertiary/aromatic N) is 1. The molecule has 150 valence electrons. The van der Waals surface area contributed by atoms with E-state index in [1.165, 1.54) is 13.0 Å². The van der Waals surface area contributed by atoms with E-state index >= 15 is 0 Å². The lowest BCUT2D eigenvalue weighted by molar-refractivity contribution is -0.121. The molecule has 2 amide bonds. The van der Waals surface area contributed by atoms with Gasteiger partial charge < -0.3 is 10.1 Å². The Balaban J connectivity index is 1.61. The maximum atomic E-state index is 12.8. The summed E-state index contributed by atoms with van der Waals surface area (Å²) >= 11 is 0. The van der Waals surface area contributed by atoms with Gasteiger partial charge in [0.1, 0.15) is 5.56 Å². The van der Waals surface area contributed by atoms with Crippen LogP contribution in [0.1, 0.15) is 43.6 Å². The third-order valence-corrected chi connectivity index (χ3v) is 5.23. The quantitative estimate of drug-likeness (QED) is 0.627. The number of pyridine rings is 1. The molecular formula is C22H16N2O6. The van der Waals surface area contributed by atoms with E-state index in [9.17, 15) is 24.0 Å². The number of carboxylic acid groups (broad SMARTS) is 1. The second-order valence-corrected chi connectivity index (χ2v) is 7.06. The van der Waals surface area contributed by atoms with Crippen LogP contribution in [0.15, 0.2) is 53.5 Å². The van der Waals surface area contributed by atoms with Gasteiger partial charge in [-0.2, -0.15) is 0 Å². The van der Waals surface area contributed by atoms with E-state index in [0.717, 1.165) is 11.1 Å². The summed E-state index contributed by atoms with van der Waals surface area (Å²) in [6.07, 6.45) is 1.00. The van der Waals surface area contributed by atoms with Crippen molar-refractivity contribution in [2.24, 2.45) is 0 Å². The molecule has 4 rings (SSSR count). The predicted octanol–water partition coefficient (Wildman–Crippen LogP) is 2.02. The predicted molar refractivity (Wildman–Crippen MR) is 107 cm³/mol. The summed E-state index contributed by atoms with van der Waals surface area (Å²) in [7, 11) is 0. The van der Waals surface area contributed by atoms with E-state index in [1.54, 1.807) is 36.4 Å². The Morgan fingerprint density at radius 1 is 1.03 bits per heavy atom. The van der Waals surface area contributed by atoms with Crippen molar-refractivity contribution in [2.45, 2.75) is 19.4 Å². The van der Waals surface area contributed by atoms with E-state index < -0.39 is 34.8 Å². The third-order valence-electron chi connectivity index (χ3n) is 5.23. The second-order valence-electron chi connectivity index (χ2n) is 7.06. The van der Waals surface area contributed by atoms with Gasteiger partial charge in [-0.05, 0) is 36.8 Å². The highest BCUT2D eigenvalue weighted by Crippen LogP contribution is 2.25. The van der Waals surface area contributed by atoms with Crippen LogP contribution < -0.4 is 5.43 Å². The average Bonchev–Trinajstić information content (AvgIpc) is 2.98. The first-order valence-corrected chi connectivity index (χ1v) is 9.17. The second kappa shape index (κ2) is 7.07. The van der Waals surface area contributed by atoms with Gasteiger partial charge in [0, 0.05) is 23.5 Å². The standard InChI is InChI=1S/C22H16N2O6/c1-11(24-20(27)13-4-2-3-5-14(13)21(24)28)18(25)9-12-6-7-17-15(8-12)19(26)16(10-23-17)22(29)30/h2-8,10-11H,9H2,1H3,(H,23,26)(H,29,30)/t11-/m0/s1. The molecule has 0 radical (unpaired) electrons. The number of aromatic carboxylic acids is 1. The molecule has 8 nitrogen and oxygen atoms in total. The Hall–Kier alpha value is -4.07. The number of rotatable bonds is 5. The van der Waals surface area contributed by atoms with Crippen molar-refractivity contribution >= 4 is 34.5 Å². The van der Waals surface area contributed by atoms with Gasteiger partial charge in [0.2, 0.25) is 5.43 Å². The van der Waals surface area contributed by atoms with Crippen LogP contribution in [-0.2, 0) is 11.2 Å². The van der Waals surface area contributed by atoms with Crippen molar-refractivity contribution in [2.75, 3.05) is 0 Å². The topological polar surface area (TPSA) is 125 Å². The molecule has 0 saturated heterocycles. The van der Waals surface area contributed by atoms with Crippen molar-refractivity contribution in [3.8, 4) is 0 Å². The highest BCUT2D eigenvalue weighted by Gasteiger charge is 2.40. The minimum absolute atomic E-state index is 0.124. The number of carbonyl (C=O) groups is 4. The Kier molecular flexibility index (Phi) is 4.54. The molecule has 0 aliphatic carbocycles. The van der Waals surface area contributed by atoms with Crippen LogP contribution in [0, 0.1) is 0 Å². The lowest BCUT2D eigenvalue weighted by Crippen LogP contribution is -2.43.